The standard InChI is InChI=1S/C28H22F4O2/c1-3-33-25-13-10-20(16-24(25)30)19-9-11-21(23(29)15-19)17-5-7-18(8-6-17)22-12-14-26(34-4-2)28(32)27(22)31/h5-16H,3-4H2,1-2H3. The molecular weight excluding hydrogens is 444 g/mol. The highest BCUT2D eigenvalue weighted by Gasteiger charge is 2.16. The summed E-state index contributed by atoms with van der Waals surface area (Å²) in [6.45, 7) is 4.02. The minimum Gasteiger partial charge on any atom is -0.491 e. The Balaban J connectivity index is 1.60. The Labute approximate surface area is 195 Å². The van der Waals surface area contributed by atoms with Crippen molar-refractivity contribution in [1.29, 1.82) is 0 Å². The first kappa shape index (κ1) is 23.4. The van der Waals surface area contributed by atoms with Gasteiger partial charge < -0.3 is 9.47 Å². The Morgan fingerprint density at radius 1 is 0.500 bits per heavy atom. The van der Waals surface area contributed by atoms with Crippen LogP contribution in [0.3, 0.4) is 0 Å². The van der Waals surface area contributed by atoms with E-state index < -0.39 is 23.3 Å². The number of benzene rings is 4. The van der Waals surface area contributed by atoms with Crippen LogP contribution in [0.5, 0.6) is 11.5 Å². The lowest BCUT2D eigenvalue weighted by Crippen LogP contribution is -1.98. The van der Waals surface area contributed by atoms with Crippen LogP contribution < -0.4 is 9.47 Å². The van der Waals surface area contributed by atoms with Crippen LogP contribution in [-0.4, -0.2) is 13.2 Å². The van der Waals surface area contributed by atoms with Gasteiger partial charge in [0.25, 0.3) is 0 Å². The van der Waals surface area contributed by atoms with Gasteiger partial charge in [-0.15, -0.1) is 0 Å². The van der Waals surface area contributed by atoms with Crippen molar-refractivity contribution in [1.82, 2.24) is 0 Å². The molecule has 0 aliphatic rings. The smallest absolute Gasteiger partial charge is 0.201 e. The SMILES string of the molecule is CCOc1ccc(-c2ccc(-c3ccc(-c4ccc(OCC)c(F)c4F)cc3)c(F)c2)cc1F. The number of hydrogen-bond donors (Lipinski definition) is 0. The summed E-state index contributed by atoms with van der Waals surface area (Å²) in [6.07, 6.45) is 0. The van der Waals surface area contributed by atoms with Crippen molar-refractivity contribution >= 4 is 0 Å². The van der Waals surface area contributed by atoms with Crippen molar-refractivity contribution < 1.29 is 27.0 Å². The van der Waals surface area contributed by atoms with E-state index in [4.69, 9.17) is 9.47 Å². The molecule has 34 heavy (non-hydrogen) atoms. The largest absolute Gasteiger partial charge is 0.491 e. The molecule has 6 heteroatoms. The molecule has 0 saturated carbocycles. The number of ether oxygens (including phenoxy) is 2. The monoisotopic (exact) mass is 466 g/mol. The van der Waals surface area contributed by atoms with Gasteiger partial charge in [0.05, 0.1) is 13.2 Å². The van der Waals surface area contributed by atoms with Crippen LogP contribution in [0, 0.1) is 23.3 Å². The van der Waals surface area contributed by atoms with E-state index >= 15 is 0 Å². The fourth-order valence-electron chi connectivity index (χ4n) is 3.73. The third-order valence-electron chi connectivity index (χ3n) is 5.39. The first-order valence-electron chi connectivity index (χ1n) is 10.9. The van der Waals surface area contributed by atoms with Crippen molar-refractivity contribution in [3.63, 3.8) is 0 Å². The quantitative estimate of drug-likeness (QED) is 0.257. The van der Waals surface area contributed by atoms with Gasteiger partial charge in [-0.1, -0.05) is 42.5 Å². The number of rotatable bonds is 7. The highest BCUT2D eigenvalue weighted by molar-refractivity contribution is 5.74. The molecule has 0 atom stereocenters. The van der Waals surface area contributed by atoms with E-state index in [9.17, 15) is 17.6 Å². The maximum atomic E-state index is 14.9. The van der Waals surface area contributed by atoms with Gasteiger partial charge >= 0.3 is 0 Å². The molecule has 0 fully saturated rings. The van der Waals surface area contributed by atoms with Crippen LogP contribution in [-0.2, 0) is 0 Å². The molecule has 0 amide bonds. The Kier molecular flexibility index (Phi) is 6.87. The molecule has 0 aromatic heterocycles. The third-order valence-corrected chi connectivity index (χ3v) is 5.39. The van der Waals surface area contributed by atoms with Gasteiger partial charge in [0.15, 0.2) is 23.1 Å². The molecule has 4 aromatic carbocycles. The summed E-state index contributed by atoms with van der Waals surface area (Å²) in [4.78, 5) is 0. The second-order valence-corrected chi connectivity index (χ2v) is 7.52. The molecule has 0 saturated heterocycles. The first-order valence-corrected chi connectivity index (χ1v) is 10.9. The Morgan fingerprint density at radius 2 is 0.971 bits per heavy atom. The summed E-state index contributed by atoms with van der Waals surface area (Å²) >= 11 is 0. The summed E-state index contributed by atoms with van der Waals surface area (Å²) in [5.41, 5.74) is 2.48. The summed E-state index contributed by atoms with van der Waals surface area (Å²) in [6, 6.07) is 18.4. The van der Waals surface area contributed by atoms with Crippen LogP contribution in [0.1, 0.15) is 13.8 Å². The van der Waals surface area contributed by atoms with Crippen molar-refractivity contribution in [2.45, 2.75) is 13.8 Å². The van der Waals surface area contributed by atoms with Crippen LogP contribution in [0.2, 0.25) is 0 Å². The number of halogens is 4. The molecule has 0 unspecified atom stereocenters. The molecule has 0 heterocycles. The lowest BCUT2D eigenvalue weighted by molar-refractivity contribution is 0.314. The van der Waals surface area contributed by atoms with E-state index in [1.165, 1.54) is 30.3 Å². The van der Waals surface area contributed by atoms with E-state index in [-0.39, 0.29) is 23.7 Å². The van der Waals surface area contributed by atoms with Crippen molar-refractivity contribution in [2.24, 2.45) is 0 Å². The topological polar surface area (TPSA) is 18.5 Å². The normalized spacial score (nSPS) is 10.9. The summed E-state index contributed by atoms with van der Waals surface area (Å²) in [5.74, 6) is -3.05. The van der Waals surface area contributed by atoms with Gasteiger partial charge in [-0.3, -0.25) is 0 Å². The Morgan fingerprint density at radius 3 is 1.56 bits per heavy atom. The second kappa shape index (κ2) is 10.00. The lowest BCUT2D eigenvalue weighted by Gasteiger charge is -2.11. The molecule has 174 valence electrons. The average molecular weight is 466 g/mol. The van der Waals surface area contributed by atoms with Gasteiger partial charge in [0.1, 0.15) is 5.82 Å². The molecule has 0 radical (unpaired) electrons. The second-order valence-electron chi connectivity index (χ2n) is 7.52. The number of hydrogen-bond acceptors (Lipinski definition) is 2. The van der Waals surface area contributed by atoms with Crippen molar-refractivity contribution in [3.8, 4) is 44.9 Å². The molecule has 0 aliphatic carbocycles. The molecule has 4 aromatic rings. The average Bonchev–Trinajstić information content (AvgIpc) is 2.84. The van der Waals surface area contributed by atoms with Crippen molar-refractivity contribution in [3.05, 3.63) is 96.1 Å². The Hall–Kier alpha value is -3.80. The fraction of sp³-hybridized carbons (Fsp3) is 0.143. The Bertz CT molecular complexity index is 1320. The molecule has 0 N–H and O–H groups in total. The van der Waals surface area contributed by atoms with Crippen LogP contribution in [0.4, 0.5) is 17.6 Å². The minimum atomic E-state index is -1.05. The van der Waals surface area contributed by atoms with E-state index in [1.807, 2.05) is 0 Å². The lowest BCUT2D eigenvalue weighted by atomic mass is 9.97. The summed E-state index contributed by atoms with van der Waals surface area (Å²) in [5, 5.41) is 0. The molecular formula is C28H22F4O2. The van der Waals surface area contributed by atoms with Gasteiger partial charge in [-0.25, -0.2) is 13.2 Å². The van der Waals surface area contributed by atoms with E-state index in [2.05, 4.69) is 0 Å². The highest BCUT2D eigenvalue weighted by Crippen LogP contribution is 2.33. The molecule has 0 spiro atoms. The van der Waals surface area contributed by atoms with Gasteiger partial charge in [0, 0.05) is 11.1 Å². The van der Waals surface area contributed by atoms with Gasteiger partial charge in [-0.05, 0) is 66.4 Å². The van der Waals surface area contributed by atoms with Crippen molar-refractivity contribution in [2.75, 3.05) is 13.2 Å². The fourth-order valence-corrected chi connectivity index (χ4v) is 3.73. The third kappa shape index (κ3) is 4.62. The highest BCUT2D eigenvalue weighted by atomic mass is 19.2. The molecule has 2 nitrogen and oxygen atoms in total. The van der Waals surface area contributed by atoms with E-state index in [0.717, 1.165) is 0 Å². The van der Waals surface area contributed by atoms with Crippen LogP contribution in [0.25, 0.3) is 33.4 Å². The molecule has 0 aliphatic heterocycles. The summed E-state index contributed by atoms with van der Waals surface area (Å²) < 4.78 is 68.1. The van der Waals surface area contributed by atoms with E-state index in [0.29, 0.717) is 34.4 Å². The van der Waals surface area contributed by atoms with Gasteiger partial charge in [-0.2, -0.15) is 4.39 Å². The van der Waals surface area contributed by atoms with E-state index in [1.54, 1.807) is 56.3 Å². The zero-order valence-corrected chi connectivity index (χ0v) is 18.7. The summed E-state index contributed by atoms with van der Waals surface area (Å²) in [7, 11) is 0. The molecule has 0 bridgehead atoms. The zero-order valence-electron chi connectivity index (χ0n) is 18.7. The first-order chi connectivity index (χ1) is 16.4. The maximum absolute atomic E-state index is 14.9. The van der Waals surface area contributed by atoms with Crippen LogP contribution in [0.15, 0.2) is 72.8 Å². The molecule has 4 rings (SSSR count). The maximum Gasteiger partial charge on any atom is 0.201 e. The predicted octanol–water partition coefficient (Wildman–Crippen LogP) is 8.04. The zero-order chi connectivity index (χ0) is 24.2. The predicted molar refractivity (Wildman–Crippen MR) is 125 cm³/mol. The van der Waals surface area contributed by atoms with Crippen LogP contribution >= 0.6 is 0 Å². The van der Waals surface area contributed by atoms with Gasteiger partial charge in [0.2, 0.25) is 5.82 Å². The minimum absolute atomic E-state index is 0.0841.